The summed E-state index contributed by atoms with van der Waals surface area (Å²) in [4.78, 5) is 31.8. The van der Waals surface area contributed by atoms with Gasteiger partial charge in [0.05, 0.1) is 10.4 Å². The van der Waals surface area contributed by atoms with Crippen molar-refractivity contribution >= 4 is 44.2 Å². The number of anilines is 3. The van der Waals surface area contributed by atoms with Gasteiger partial charge in [0.1, 0.15) is 12.0 Å². The number of aryl methyl sites for hydroxylation is 1. The van der Waals surface area contributed by atoms with Gasteiger partial charge in [-0.1, -0.05) is 11.3 Å². The second-order valence-corrected chi connectivity index (χ2v) is 10.3. The van der Waals surface area contributed by atoms with Crippen LogP contribution in [0.2, 0.25) is 0 Å². The van der Waals surface area contributed by atoms with Gasteiger partial charge in [-0.05, 0) is 57.2 Å². The lowest BCUT2D eigenvalue weighted by Gasteiger charge is -2.25. The van der Waals surface area contributed by atoms with E-state index in [2.05, 4.69) is 25.4 Å². The first kappa shape index (κ1) is 22.1. The average molecular weight is 492 g/mol. The Morgan fingerprint density at radius 3 is 2.66 bits per heavy atom. The van der Waals surface area contributed by atoms with E-state index in [1.54, 1.807) is 17.5 Å². The van der Waals surface area contributed by atoms with E-state index in [4.69, 9.17) is 14.7 Å². The molecule has 0 spiro atoms. The maximum absolute atomic E-state index is 13.2. The molecule has 3 aromatic rings. The van der Waals surface area contributed by atoms with Crippen LogP contribution in [-0.4, -0.2) is 47.0 Å². The Balaban J connectivity index is 1.25. The van der Waals surface area contributed by atoms with Gasteiger partial charge in [0, 0.05) is 43.6 Å². The number of carbonyl (C=O) groups excluding carboxylic acids is 1. The molecule has 0 aromatic carbocycles. The number of amides is 1. The summed E-state index contributed by atoms with van der Waals surface area (Å²) in [5, 5.41) is 7.29. The van der Waals surface area contributed by atoms with Gasteiger partial charge >= 0.3 is 0 Å². The number of ether oxygens (including phenoxy) is 1. The number of piperidine rings is 1. The Kier molecular flexibility index (Phi) is 5.89. The van der Waals surface area contributed by atoms with Crippen molar-refractivity contribution in [3.63, 3.8) is 0 Å². The molecule has 2 fully saturated rings. The van der Waals surface area contributed by atoms with E-state index in [0.29, 0.717) is 11.4 Å². The van der Waals surface area contributed by atoms with Crippen molar-refractivity contribution in [1.29, 1.82) is 0 Å². The number of nitrogens with zero attached hydrogens (tertiary/aromatic N) is 5. The Bertz CT molecular complexity index is 1280. The standard InChI is InChI=1S/C25H29N7O2S/c1-16-13-17(7-8-26-16)24-28-19(15-34-24)23(33)27-18-14-20-21(29-22(18)31-9-5-6-10-31)30-25(35-20)32-11-3-2-4-12-32/h7-8,13-15,24,28H,2-6,9-12H2,1H3,(H,27,33). The van der Waals surface area contributed by atoms with Crippen molar-refractivity contribution in [2.45, 2.75) is 45.3 Å². The third-order valence-electron chi connectivity index (χ3n) is 6.71. The predicted molar refractivity (Wildman–Crippen MR) is 138 cm³/mol. The topological polar surface area (TPSA) is 95.5 Å². The van der Waals surface area contributed by atoms with Crippen molar-refractivity contribution < 1.29 is 9.53 Å². The van der Waals surface area contributed by atoms with Crippen LogP contribution >= 0.6 is 11.3 Å². The van der Waals surface area contributed by atoms with E-state index in [-0.39, 0.29) is 5.91 Å². The van der Waals surface area contributed by atoms with Crippen molar-refractivity contribution in [3.05, 3.63) is 47.6 Å². The summed E-state index contributed by atoms with van der Waals surface area (Å²) in [5.74, 6) is 0.542. The summed E-state index contributed by atoms with van der Waals surface area (Å²) in [6.45, 7) is 5.87. The van der Waals surface area contributed by atoms with Gasteiger partial charge in [-0.25, -0.2) is 4.98 Å². The molecular formula is C25H29N7O2S. The third kappa shape index (κ3) is 4.50. The normalized spacial score (nSPS) is 20.0. The van der Waals surface area contributed by atoms with Gasteiger partial charge in [0.15, 0.2) is 22.8 Å². The Hall–Kier alpha value is -3.40. The van der Waals surface area contributed by atoms with Gasteiger partial charge in [-0.15, -0.1) is 0 Å². The molecule has 6 heterocycles. The lowest BCUT2D eigenvalue weighted by atomic mass is 10.1. The minimum atomic E-state index is -0.412. The number of rotatable bonds is 5. The van der Waals surface area contributed by atoms with Crippen molar-refractivity contribution in [2.24, 2.45) is 0 Å². The van der Waals surface area contributed by atoms with Crippen LogP contribution in [0.4, 0.5) is 16.6 Å². The third-order valence-corrected chi connectivity index (χ3v) is 7.76. The van der Waals surface area contributed by atoms with Crippen LogP contribution in [-0.2, 0) is 9.53 Å². The molecule has 182 valence electrons. The lowest BCUT2D eigenvalue weighted by Crippen LogP contribution is -2.29. The van der Waals surface area contributed by atoms with Crippen LogP contribution in [0.1, 0.15) is 49.6 Å². The zero-order chi connectivity index (χ0) is 23.8. The Labute approximate surface area is 208 Å². The van der Waals surface area contributed by atoms with E-state index in [1.165, 1.54) is 25.5 Å². The van der Waals surface area contributed by atoms with Gasteiger partial charge in [-0.2, -0.15) is 4.98 Å². The molecule has 3 aliphatic heterocycles. The molecule has 1 atom stereocenters. The number of fused-ring (bicyclic) bond motifs is 1. The predicted octanol–water partition coefficient (Wildman–Crippen LogP) is 4.08. The SMILES string of the molecule is Cc1cc(C2NC(C(=O)Nc3cc4sc(N5CCCCC5)nc4nc3N3CCCC3)=CO2)ccn1. The van der Waals surface area contributed by atoms with E-state index in [1.807, 2.05) is 25.1 Å². The largest absolute Gasteiger partial charge is 0.472 e. The molecule has 3 aromatic heterocycles. The van der Waals surface area contributed by atoms with E-state index in [9.17, 15) is 4.79 Å². The molecule has 2 saturated heterocycles. The number of hydrogen-bond acceptors (Lipinski definition) is 9. The molecular weight excluding hydrogens is 462 g/mol. The summed E-state index contributed by atoms with van der Waals surface area (Å²) in [7, 11) is 0. The number of thiazole rings is 1. The highest BCUT2D eigenvalue weighted by Gasteiger charge is 2.27. The number of aromatic nitrogens is 3. The van der Waals surface area contributed by atoms with Crippen molar-refractivity contribution in [2.75, 3.05) is 41.3 Å². The maximum Gasteiger partial charge on any atom is 0.275 e. The first-order valence-electron chi connectivity index (χ1n) is 12.3. The van der Waals surface area contributed by atoms with Crippen LogP contribution in [0, 0.1) is 6.92 Å². The van der Waals surface area contributed by atoms with Crippen LogP contribution in [0.5, 0.6) is 0 Å². The van der Waals surface area contributed by atoms with Gasteiger partial charge in [0.2, 0.25) is 0 Å². The smallest absolute Gasteiger partial charge is 0.275 e. The number of hydrogen-bond donors (Lipinski definition) is 2. The van der Waals surface area contributed by atoms with Gasteiger partial charge < -0.3 is 25.2 Å². The van der Waals surface area contributed by atoms with Crippen LogP contribution in [0.15, 0.2) is 36.4 Å². The number of nitrogens with one attached hydrogen (secondary N) is 2. The monoisotopic (exact) mass is 491 g/mol. The quantitative estimate of drug-likeness (QED) is 0.551. The first-order chi connectivity index (χ1) is 17.1. The highest BCUT2D eigenvalue weighted by Crippen LogP contribution is 2.36. The fourth-order valence-electron chi connectivity index (χ4n) is 4.87. The Morgan fingerprint density at radius 2 is 1.86 bits per heavy atom. The van der Waals surface area contributed by atoms with Crippen molar-refractivity contribution in [3.8, 4) is 0 Å². The molecule has 35 heavy (non-hydrogen) atoms. The van der Waals surface area contributed by atoms with E-state index < -0.39 is 6.23 Å². The van der Waals surface area contributed by atoms with Gasteiger partial charge in [0.25, 0.3) is 5.91 Å². The lowest BCUT2D eigenvalue weighted by molar-refractivity contribution is -0.113. The number of pyridine rings is 2. The zero-order valence-corrected chi connectivity index (χ0v) is 20.6. The fourth-order valence-corrected chi connectivity index (χ4v) is 5.87. The second kappa shape index (κ2) is 9.33. The number of carbonyl (C=O) groups is 1. The van der Waals surface area contributed by atoms with Crippen LogP contribution in [0.3, 0.4) is 0 Å². The van der Waals surface area contributed by atoms with Crippen LogP contribution < -0.4 is 20.4 Å². The minimum absolute atomic E-state index is 0.249. The molecule has 9 nitrogen and oxygen atoms in total. The van der Waals surface area contributed by atoms with Crippen molar-refractivity contribution in [1.82, 2.24) is 20.3 Å². The zero-order valence-electron chi connectivity index (χ0n) is 19.8. The fraction of sp³-hybridized carbons (Fsp3) is 0.440. The molecule has 10 heteroatoms. The molecule has 6 rings (SSSR count). The highest BCUT2D eigenvalue weighted by molar-refractivity contribution is 7.22. The van der Waals surface area contributed by atoms with Crippen LogP contribution in [0.25, 0.3) is 10.3 Å². The van der Waals surface area contributed by atoms with E-state index >= 15 is 0 Å². The molecule has 0 radical (unpaired) electrons. The van der Waals surface area contributed by atoms with Gasteiger partial charge in [-0.3, -0.25) is 9.78 Å². The average Bonchev–Trinajstić information content (AvgIpc) is 3.65. The second-order valence-electron chi connectivity index (χ2n) is 9.30. The summed E-state index contributed by atoms with van der Waals surface area (Å²) >= 11 is 1.65. The Morgan fingerprint density at radius 1 is 1.09 bits per heavy atom. The molecule has 0 saturated carbocycles. The first-order valence-corrected chi connectivity index (χ1v) is 13.1. The summed E-state index contributed by atoms with van der Waals surface area (Å²) in [6, 6.07) is 5.85. The molecule has 2 N–H and O–H groups in total. The molecule has 1 amide bonds. The molecule has 1 unspecified atom stereocenters. The summed E-state index contributed by atoms with van der Waals surface area (Å²) < 4.78 is 6.72. The van der Waals surface area contributed by atoms with E-state index in [0.717, 1.165) is 71.6 Å². The summed E-state index contributed by atoms with van der Waals surface area (Å²) in [5.41, 5.74) is 3.67. The molecule has 0 aliphatic carbocycles. The highest BCUT2D eigenvalue weighted by atomic mass is 32.1. The maximum atomic E-state index is 13.2. The summed E-state index contributed by atoms with van der Waals surface area (Å²) in [6.07, 6.45) is 8.74. The molecule has 3 aliphatic rings. The molecule has 0 bridgehead atoms. The minimum Gasteiger partial charge on any atom is -0.472 e.